The van der Waals surface area contributed by atoms with Crippen LogP contribution in [0.4, 0.5) is 15.8 Å². The Morgan fingerprint density at radius 1 is 0.905 bits per heavy atom. The number of amides is 2. The summed E-state index contributed by atoms with van der Waals surface area (Å²) in [4.78, 5) is 31.6. The van der Waals surface area contributed by atoms with Gasteiger partial charge in [0.2, 0.25) is 0 Å². The van der Waals surface area contributed by atoms with Crippen LogP contribution in [-0.4, -0.2) is 66.5 Å². The summed E-state index contributed by atoms with van der Waals surface area (Å²) in [5.74, 6) is -0.290. The first-order valence-electron chi connectivity index (χ1n) is 14.3. The van der Waals surface area contributed by atoms with Gasteiger partial charge in [-0.2, -0.15) is 0 Å². The van der Waals surface area contributed by atoms with Crippen molar-refractivity contribution in [1.82, 2.24) is 9.80 Å². The second-order valence-corrected chi connectivity index (χ2v) is 12.1. The predicted octanol–water partition coefficient (Wildman–Crippen LogP) is 5.59. The van der Waals surface area contributed by atoms with Crippen LogP contribution in [0.25, 0.3) is 10.1 Å². The number of carbonyl (C=O) groups is 2. The molecule has 7 rings (SSSR count). The number of likely N-dealkylation sites (N-methyl/N-ethyl adjacent to an activating group) is 1. The Hall–Kier alpha value is -3.99. The third-order valence-electron chi connectivity index (χ3n) is 8.34. The van der Waals surface area contributed by atoms with E-state index in [9.17, 15) is 14.0 Å². The van der Waals surface area contributed by atoms with E-state index in [1.165, 1.54) is 41.5 Å². The Morgan fingerprint density at radius 3 is 2.52 bits per heavy atom. The second-order valence-electron chi connectivity index (χ2n) is 11.0. The molecular formula is C32H31FN4O4S. The average molecular weight is 587 g/mol. The normalized spacial score (nSPS) is 19.8. The van der Waals surface area contributed by atoms with Gasteiger partial charge >= 0.3 is 0 Å². The lowest BCUT2D eigenvalue weighted by Gasteiger charge is -2.33. The molecule has 2 saturated heterocycles. The van der Waals surface area contributed by atoms with Crippen molar-refractivity contribution in [3.8, 4) is 11.5 Å². The van der Waals surface area contributed by atoms with E-state index >= 15 is 0 Å². The summed E-state index contributed by atoms with van der Waals surface area (Å²) in [5, 5.41) is 6.42. The highest BCUT2D eigenvalue weighted by Gasteiger charge is 2.42. The molecule has 3 aromatic carbocycles. The van der Waals surface area contributed by atoms with E-state index in [1.54, 1.807) is 18.2 Å². The minimum atomic E-state index is -0.592. The second kappa shape index (κ2) is 11.0. The number of fused-ring (bicyclic) bond motifs is 4. The van der Waals surface area contributed by atoms with Crippen molar-refractivity contribution < 1.29 is 23.5 Å². The molecule has 0 spiro atoms. The number of halogens is 1. The zero-order chi connectivity index (χ0) is 28.8. The van der Waals surface area contributed by atoms with Gasteiger partial charge in [0.25, 0.3) is 11.8 Å². The minimum Gasteiger partial charge on any atom is -0.486 e. The highest BCUT2D eigenvalue weighted by molar-refractivity contribution is 7.20. The number of carbonyl (C=O) groups excluding carboxylic acids is 2. The molecule has 2 bridgehead atoms. The number of piperazine rings is 1. The summed E-state index contributed by atoms with van der Waals surface area (Å²) in [6.45, 7) is 7.38. The average Bonchev–Trinajstić information content (AvgIpc) is 3.72. The smallest absolute Gasteiger partial charge is 0.265 e. The number of benzene rings is 3. The van der Waals surface area contributed by atoms with Crippen LogP contribution < -0.4 is 20.1 Å². The van der Waals surface area contributed by atoms with Crippen LogP contribution in [0.3, 0.4) is 0 Å². The zero-order valence-electron chi connectivity index (χ0n) is 23.2. The Balaban J connectivity index is 1.02. The van der Waals surface area contributed by atoms with Gasteiger partial charge in [0.05, 0.1) is 10.6 Å². The Bertz CT molecular complexity index is 1690. The first-order chi connectivity index (χ1) is 20.4. The molecule has 42 heavy (non-hydrogen) atoms. The predicted molar refractivity (Wildman–Crippen MR) is 161 cm³/mol. The number of likely N-dealkylation sites (tertiary alicyclic amines) is 2. The SMILES string of the molecule is CCN1C[C@@H]2C[C@H]1CN2Cc1ccc2cc(C(=O)Nc3cc(NC(=O)c4ccc5c(c4)OCCO5)ccc3F)sc2c1. The largest absolute Gasteiger partial charge is 0.486 e. The van der Waals surface area contributed by atoms with Crippen molar-refractivity contribution in [2.45, 2.75) is 32.0 Å². The molecule has 0 unspecified atom stereocenters. The van der Waals surface area contributed by atoms with Crippen molar-refractivity contribution >= 4 is 44.6 Å². The Kier molecular flexibility index (Phi) is 7.05. The van der Waals surface area contributed by atoms with Gasteiger partial charge in [-0.1, -0.05) is 19.1 Å². The summed E-state index contributed by atoms with van der Waals surface area (Å²) in [7, 11) is 0. The summed E-state index contributed by atoms with van der Waals surface area (Å²) >= 11 is 1.39. The minimum absolute atomic E-state index is 0.0108. The topological polar surface area (TPSA) is 83.1 Å². The number of rotatable bonds is 7. The van der Waals surface area contributed by atoms with Crippen LogP contribution in [0.5, 0.6) is 11.5 Å². The van der Waals surface area contributed by atoms with Crippen molar-refractivity contribution in [2.75, 3.05) is 43.5 Å². The van der Waals surface area contributed by atoms with E-state index in [1.807, 2.05) is 6.07 Å². The molecule has 0 aliphatic carbocycles. The monoisotopic (exact) mass is 586 g/mol. The van der Waals surface area contributed by atoms with E-state index in [-0.39, 0.29) is 11.6 Å². The molecule has 2 atom stereocenters. The third-order valence-corrected chi connectivity index (χ3v) is 9.44. The molecule has 4 aromatic rings. The summed E-state index contributed by atoms with van der Waals surface area (Å²) in [6.07, 6.45) is 1.25. The molecule has 4 heterocycles. The standard InChI is InChI=1S/C32H31FN4O4S/c1-2-36-17-24-15-23(36)18-37(24)16-19-3-4-20-13-30(42-29(20)11-19)32(39)35-26-14-22(6-7-25(26)33)34-31(38)21-5-8-27-28(12-21)41-10-9-40-27/h3-8,11-14,23-24H,2,9-10,15-18H2,1H3,(H,34,38)(H,35,39)/t23-,24-/m0/s1. The molecule has 1 aromatic heterocycles. The van der Waals surface area contributed by atoms with E-state index in [0.29, 0.717) is 52.9 Å². The van der Waals surface area contributed by atoms with Crippen LogP contribution >= 0.6 is 11.3 Å². The van der Waals surface area contributed by atoms with Gasteiger partial charge in [-0.05, 0) is 72.4 Å². The lowest BCUT2D eigenvalue weighted by molar-refractivity contribution is 0.102. The number of thiophene rings is 1. The molecule has 10 heteroatoms. The van der Waals surface area contributed by atoms with E-state index in [0.717, 1.165) is 36.3 Å². The molecule has 3 aliphatic rings. The number of nitrogens with zero attached hydrogens (tertiary/aromatic N) is 2. The summed E-state index contributed by atoms with van der Waals surface area (Å²) < 4.78 is 26.8. The highest BCUT2D eigenvalue weighted by atomic mass is 32.1. The van der Waals surface area contributed by atoms with Crippen molar-refractivity contribution in [1.29, 1.82) is 0 Å². The third kappa shape index (κ3) is 5.21. The van der Waals surface area contributed by atoms with Crippen LogP contribution in [0.1, 0.15) is 38.9 Å². The van der Waals surface area contributed by atoms with Gasteiger partial charge in [0.1, 0.15) is 19.0 Å². The van der Waals surface area contributed by atoms with Gasteiger partial charge in [0.15, 0.2) is 11.5 Å². The number of nitrogens with one attached hydrogen (secondary N) is 2. The maximum Gasteiger partial charge on any atom is 0.265 e. The first kappa shape index (κ1) is 26.9. The van der Waals surface area contributed by atoms with Crippen LogP contribution in [0, 0.1) is 5.82 Å². The highest BCUT2D eigenvalue weighted by Crippen LogP contribution is 2.34. The number of hydrogen-bond donors (Lipinski definition) is 2. The zero-order valence-corrected chi connectivity index (χ0v) is 24.0. The fourth-order valence-corrected chi connectivity index (χ4v) is 7.23. The summed E-state index contributed by atoms with van der Waals surface area (Å²) in [6, 6.07) is 18.5. The van der Waals surface area contributed by atoms with Gasteiger partial charge in [0, 0.05) is 47.7 Å². The Morgan fingerprint density at radius 2 is 1.71 bits per heavy atom. The van der Waals surface area contributed by atoms with Crippen LogP contribution in [0.15, 0.2) is 60.7 Å². The van der Waals surface area contributed by atoms with Gasteiger partial charge in [-0.3, -0.25) is 19.4 Å². The fraction of sp³-hybridized carbons (Fsp3) is 0.312. The van der Waals surface area contributed by atoms with Crippen LogP contribution in [0.2, 0.25) is 0 Å². The van der Waals surface area contributed by atoms with Crippen molar-refractivity contribution in [3.63, 3.8) is 0 Å². The maximum absolute atomic E-state index is 14.7. The van der Waals surface area contributed by atoms with Gasteiger partial charge < -0.3 is 20.1 Å². The fourth-order valence-electron chi connectivity index (χ4n) is 6.20. The lowest BCUT2D eigenvalue weighted by Crippen LogP contribution is -2.45. The molecule has 8 nitrogen and oxygen atoms in total. The molecule has 216 valence electrons. The summed E-state index contributed by atoms with van der Waals surface area (Å²) in [5.41, 5.74) is 1.95. The lowest BCUT2D eigenvalue weighted by atomic mass is 10.1. The van der Waals surface area contributed by atoms with Gasteiger partial charge in [-0.25, -0.2) is 4.39 Å². The number of ether oxygens (including phenoxy) is 2. The molecule has 2 N–H and O–H groups in total. The van der Waals surface area contributed by atoms with Crippen LogP contribution in [-0.2, 0) is 6.54 Å². The molecular weight excluding hydrogens is 555 g/mol. The maximum atomic E-state index is 14.7. The molecule has 2 fully saturated rings. The van der Waals surface area contributed by atoms with Gasteiger partial charge in [-0.15, -0.1) is 11.3 Å². The van der Waals surface area contributed by atoms with Crippen molar-refractivity contribution in [3.05, 3.63) is 82.5 Å². The van der Waals surface area contributed by atoms with E-state index in [2.05, 4.69) is 45.6 Å². The molecule has 0 radical (unpaired) electrons. The quantitative estimate of drug-likeness (QED) is 0.294. The van der Waals surface area contributed by atoms with E-state index < -0.39 is 11.7 Å². The first-order valence-corrected chi connectivity index (χ1v) is 15.1. The Labute approximate surface area is 247 Å². The molecule has 3 aliphatic heterocycles. The molecule has 2 amide bonds. The number of hydrogen-bond acceptors (Lipinski definition) is 7. The van der Waals surface area contributed by atoms with E-state index in [4.69, 9.17) is 9.47 Å². The number of anilines is 2. The van der Waals surface area contributed by atoms with Crippen molar-refractivity contribution in [2.24, 2.45) is 0 Å². The molecule has 0 saturated carbocycles.